The molecule has 0 aliphatic carbocycles. The number of hydrogen-bond donors (Lipinski definition) is 2. The van der Waals surface area contributed by atoms with E-state index in [0.717, 1.165) is 13.1 Å². The number of halogens is 1. The van der Waals surface area contributed by atoms with Gasteiger partial charge in [0.05, 0.1) is 9.75 Å². The molecule has 1 amide bonds. The lowest BCUT2D eigenvalue weighted by Gasteiger charge is -2.26. The Morgan fingerprint density at radius 1 is 1.41 bits per heavy atom. The van der Waals surface area contributed by atoms with E-state index in [-0.39, 0.29) is 24.1 Å². The summed E-state index contributed by atoms with van der Waals surface area (Å²) >= 11 is 1.25. The van der Waals surface area contributed by atoms with E-state index in [9.17, 15) is 9.59 Å². The van der Waals surface area contributed by atoms with Gasteiger partial charge in [-0.15, -0.1) is 23.7 Å². The van der Waals surface area contributed by atoms with Crippen LogP contribution >= 0.6 is 23.7 Å². The number of carbonyl (C=O) groups is 2. The predicted molar refractivity (Wildman–Crippen MR) is 70.3 cm³/mol. The summed E-state index contributed by atoms with van der Waals surface area (Å²) in [4.78, 5) is 24.0. The van der Waals surface area contributed by atoms with Crippen molar-refractivity contribution in [1.29, 1.82) is 0 Å². The zero-order chi connectivity index (χ0) is 11.5. The average molecular weight is 275 g/mol. The largest absolute Gasteiger partial charge is 0.351 e. The number of amides is 1. The van der Waals surface area contributed by atoms with Gasteiger partial charge in [0.15, 0.2) is 5.78 Å². The van der Waals surface area contributed by atoms with Crippen molar-refractivity contribution in [3.8, 4) is 0 Å². The molecule has 6 heteroatoms. The predicted octanol–water partition coefficient (Wildman–Crippen LogP) is 1.32. The fourth-order valence-electron chi connectivity index (χ4n) is 1.47. The van der Waals surface area contributed by atoms with E-state index in [0.29, 0.717) is 22.2 Å². The van der Waals surface area contributed by atoms with Crippen molar-refractivity contribution < 1.29 is 9.59 Å². The van der Waals surface area contributed by atoms with Gasteiger partial charge < -0.3 is 10.6 Å². The van der Waals surface area contributed by atoms with Crippen molar-refractivity contribution in [2.45, 2.75) is 6.92 Å². The lowest BCUT2D eigenvalue weighted by Crippen LogP contribution is -2.48. The van der Waals surface area contributed by atoms with Gasteiger partial charge in [-0.3, -0.25) is 9.59 Å². The minimum absolute atomic E-state index is 0. The molecule has 94 valence electrons. The van der Waals surface area contributed by atoms with Crippen molar-refractivity contribution in [3.05, 3.63) is 21.9 Å². The second-order valence-corrected chi connectivity index (χ2v) is 5.04. The van der Waals surface area contributed by atoms with Crippen LogP contribution in [0.25, 0.3) is 0 Å². The molecule has 0 atom stereocenters. The van der Waals surface area contributed by atoms with Gasteiger partial charge in [-0.1, -0.05) is 0 Å². The maximum Gasteiger partial charge on any atom is 0.261 e. The minimum Gasteiger partial charge on any atom is -0.351 e. The van der Waals surface area contributed by atoms with Crippen molar-refractivity contribution in [3.63, 3.8) is 0 Å². The minimum atomic E-state index is -0.0793. The summed E-state index contributed by atoms with van der Waals surface area (Å²) in [5, 5.41) is 6.02. The highest BCUT2D eigenvalue weighted by atomic mass is 35.5. The van der Waals surface area contributed by atoms with Crippen molar-refractivity contribution in [2.24, 2.45) is 5.92 Å². The van der Waals surface area contributed by atoms with Gasteiger partial charge in [0.25, 0.3) is 5.91 Å². The van der Waals surface area contributed by atoms with Gasteiger partial charge in [0.1, 0.15) is 0 Å². The highest BCUT2D eigenvalue weighted by molar-refractivity contribution is 7.15. The molecule has 1 saturated heterocycles. The Labute approximate surface area is 110 Å². The van der Waals surface area contributed by atoms with Crippen LogP contribution in [0.3, 0.4) is 0 Å². The number of hydrogen-bond acceptors (Lipinski definition) is 4. The molecular formula is C11H15ClN2O2S. The van der Waals surface area contributed by atoms with Crippen LogP contribution in [0.1, 0.15) is 26.3 Å². The molecule has 1 fully saturated rings. The molecule has 4 nitrogen and oxygen atoms in total. The number of Topliss-reactive ketones (excluding diaryl/α,β-unsaturated/α-hetero) is 1. The van der Waals surface area contributed by atoms with Gasteiger partial charge in [-0.25, -0.2) is 0 Å². The third kappa shape index (κ3) is 3.52. The molecule has 0 bridgehead atoms. The van der Waals surface area contributed by atoms with E-state index < -0.39 is 0 Å². The van der Waals surface area contributed by atoms with E-state index in [4.69, 9.17) is 0 Å². The summed E-state index contributed by atoms with van der Waals surface area (Å²) in [5.41, 5.74) is 0. The topological polar surface area (TPSA) is 58.2 Å². The molecular weight excluding hydrogens is 260 g/mol. The van der Waals surface area contributed by atoms with E-state index in [2.05, 4.69) is 10.6 Å². The maximum atomic E-state index is 11.7. The Bertz CT molecular complexity index is 415. The van der Waals surface area contributed by atoms with Crippen LogP contribution in [0.5, 0.6) is 0 Å². The molecule has 2 N–H and O–H groups in total. The van der Waals surface area contributed by atoms with Crippen LogP contribution in [0.4, 0.5) is 0 Å². The molecule has 1 aliphatic rings. The maximum absolute atomic E-state index is 11.7. The van der Waals surface area contributed by atoms with Crippen LogP contribution in [0.2, 0.25) is 0 Å². The highest BCUT2D eigenvalue weighted by Gasteiger charge is 2.18. The van der Waals surface area contributed by atoms with Crippen molar-refractivity contribution in [1.82, 2.24) is 10.6 Å². The second kappa shape index (κ2) is 6.14. The first-order chi connectivity index (χ1) is 7.66. The number of thiophene rings is 1. The molecule has 1 aromatic rings. The zero-order valence-electron chi connectivity index (χ0n) is 9.49. The monoisotopic (exact) mass is 274 g/mol. The first-order valence-electron chi connectivity index (χ1n) is 5.26. The lowest BCUT2D eigenvalue weighted by atomic mass is 10.0. The van der Waals surface area contributed by atoms with Gasteiger partial charge >= 0.3 is 0 Å². The molecule has 0 saturated carbocycles. The van der Waals surface area contributed by atoms with Crippen LogP contribution in [0, 0.1) is 5.92 Å². The third-order valence-electron chi connectivity index (χ3n) is 2.59. The number of nitrogens with one attached hydrogen (secondary N) is 2. The Kier molecular flexibility index (Phi) is 5.11. The third-order valence-corrected chi connectivity index (χ3v) is 3.78. The Hall–Kier alpha value is -0.910. The average Bonchev–Trinajstić information content (AvgIpc) is 2.63. The Morgan fingerprint density at radius 2 is 2.06 bits per heavy atom. The fraction of sp³-hybridized carbons (Fsp3) is 0.455. The van der Waals surface area contributed by atoms with Crippen LogP contribution < -0.4 is 10.6 Å². The molecule has 0 unspecified atom stereocenters. The van der Waals surface area contributed by atoms with Gasteiger partial charge in [-0.05, 0) is 19.1 Å². The quantitative estimate of drug-likeness (QED) is 0.815. The number of carbonyl (C=O) groups excluding carboxylic acids is 2. The van der Waals surface area contributed by atoms with Gasteiger partial charge in [0, 0.05) is 25.6 Å². The molecule has 17 heavy (non-hydrogen) atoms. The molecule has 0 aromatic carbocycles. The van der Waals surface area contributed by atoms with Gasteiger partial charge in [-0.2, -0.15) is 0 Å². The van der Waals surface area contributed by atoms with Gasteiger partial charge in [0.2, 0.25) is 0 Å². The first-order valence-corrected chi connectivity index (χ1v) is 6.08. The lowest BCUT2D eigenvalue weighted by molar-refractivity contribution is 0.0945. The standard InChI is InChI=1S/C11H14N2O2S.ClH/c1-7(14)9-2-3-10(16-9)11(15)13-6-8-4-12-5-8;/h2-3,8,12H,4-6H2,1H3,(H,13,15);1H. The molecule has 2 heterocycles. The van der Waals surface area contributed by atoms with E-state index in [1.54, 1.807) is 12.1 Å². The smallest absolute Gasteiger partial charge is 0.261 e. The number of rotatable bonds is 4. The fourth-order valence-corrected chi connectivity index (χ4v) is 2.28. The molecule has 1 aromatic heterocycles. The molecule has 1 aliphatic heterocycles. The second-order valence-electron chi connectivity index (χ2n) is 3.95. The Balaban J connectivity index is 0.00000144. The van der Waals surface area contributed by atoms with Crippen LogP contribution in [0.15, 0.2) is 12.1 Å². The Morgan fingerprint density at radius 3 is 2.53 bits per heavy atom. The highest BCUT2D eigenvalue weighted by Crippen LogP contribution is 2.16. The summed E-state index contributed by atoms with van der Waals surface area (Å²) in [6.07, 6.45) is 0. The van der Waals surface area contributed by atoms with Crippen LogP contribution in [-0.4, -0.2) is 31.3 Å². The van der Waals surface area contributed by atoms with Crippen molar-refractivity contribution >= 4 is 35.4 Å². The normalized spacial score (nSPS) is 14.6. The summed E-state index contributed by atoms with van der Waals surface area (Å²) < 4.78 is 0. The van der Waals surface area contributed by atoms with E-state index in [1.165, 1.54) is 18.3 Å². The van der Waals surface area contributed by atoms with Crippen molar-refractivity contribution in [2.75, 3.05) is 19.6 Å². The summed E-state index contributed by atoms with van der Waals surface area (Å²) in [7, 11) is 0. The number of ketones is 1. The zero-order valence-corrected chi connectivity index (χ0v) is 11.1. The molecule has 0 spiro atoms. The molecule has 2 rings (SSSR count). The SMILES string of the molecule is CC(=O)c1ccc(C(=O)NCC2CNC2)s1.Cl. The molecule has 0 radical (unpaired) electrons. The van der Waals surface area contributed by atoms with E-state index in [1.807, 2.05) is 0 Å². The first kappa shape index (κ1) is 14.2. The summed E-state index contributed by atoms with van der Waals surface area (Å²) in [5.74, 6) is 0.479. The van der Waals surface area contributed by atoms with E-state index >= 15 is 0 Å². The summed E-state index contributed by atoms with van der Waals surface area (Å²) in [6.45, 7) is 4.17. The van der Waals surface area contributed by atoms with Crippen LogP contribution in [-0.2, 0) is 0 Å². The summed E-state index contributed by atoms with van der Waals surface area (Å²) in [6, 6.07) is 3.41.